The molecule has 0 aliphatic carbocycles. The Morgan fingerprint density at radius 3 is 2.50 bits per heavy atom. The molecule has 1 N–H and O–H groups in total. The number of hydrogen-bond acceptors (Lipinski definition) is 6. The number of hydrogen-bond donors (Lipinski definition) is 1. The fraction of sp³-hybridized carbons (Fsp3) is 0.286. The van der Waals surface area contributed by atoms with E-state index in [0.29, 0.717) is 23.9 Å². The maximum absolute atomic E-state index is 12.6. The molecule has 2 heterocycles. The predicted molar refractivity (Wildman–Crippen MR) is 141 cm³/mol. The predicted octanol–water partition coefficient (Wildman–Crippen LogP) is 4.89. The van der Waals surface area contributed by atoms with Gasteiger partial charge in [-0.3, -0.25) is 9.78 Å². The molecule has 0 bridgehead atoms. The molecule has 0 fully saturated rings. The summed E-state index contributed by atoms with van der Waals surface area (Å²) in [7, 11) is 5.90. The summed E-state index contributed by atoms with van der Waals surface area (Å²) in [5.41, 5.74) is 4.23. The van der Waals surface area contributed by atoms with Gasteiger partial charge in [-0.05, 0) is 73.6 Å². The van der Waals surface area contributed by atoms with Crippen LogP contribution < -0.4 is 10.1 Å². The van der Waals surface area contributed by atoms with Gasteiger partial charge in [0.25, 0.3) is 5.91 Å². The third kappa shape index (κ3) is 6.14. The molecule has 186 valence electrons. The normalized spacial score (nSPS) is 11.2. The van der Waals surface area contributed by atoms with Crippen molar-refractivity contribution >= 4 is 11.6 Å². The molecule has 0 atom stereocenters. The standard InChI is InChI=1S/C28H32N6O2/c1-19(2)22-7-6-8-24(15-22)36-18-26-31-32-27(34(26)5)21-10-12-23(13-11-21)30-28(35)25-14-9-20(16-29-25)17-33(3)4/h6-16,19H,17-18H2,1-5H3,(H,30,35). The van der Waals surface area contributed by atoms with Crippen molar-refractivity contribution in [3.8, 4) is 17.1 Å². The van der Waals surface area contributed by atoms with Crippen LogP contribution in [0.2, 0.25) is 0 Å². The maximum atomic E-state index is 12.6. The van der Waals surface area contributed by atoms with E-state index in [4.69, 9.17) is 4.74 Å². The molecule has 4 aromatic rings. The molecule has 1 amide bonds. The van der Waals surface area contributed by atoms with E-state index in [-0.39, 0.29) is 5.91 Å². The molecule has 4 rings (SSSR count). The van der Waals surface area contributed by atoms with Crippen LogP contribution in [-0.2, 0) is 20.2 Å². The zero-order valence-corrected chi connectivity index (χ0v) is 21.4. The summed E-state index contributed by atoms with van der Waals surface area (Å²) in [4.78, 5) is 18.9. The van der Waals surface area contributed by atoms with E-state index in [0.717, 1.165) is 35.1 Å². The van der Waals surface area contributed by atoms with Gasteiger partial charge >= 0.3 is 0 Å². The smallest absolute Gasteiger partial charge is 0.274 e. The zero-order valence-electron chi connectivity index (χ0n) is 21.4. The van der Waals surface area contributed by atoms with Gasteiger partial charge in [0.2, 0.25) is 0 Å². The van der Waals surface area contributed by atoms with Gasteiger partial charge in [-0.2, -0.15) is 0 Å². The number of carbonyl (C=O) groups excluding carboxylic acids is 1. The van der Waals surface area contributed by atoms with Gasteiger partial charge in [0.15, 0.2) is 11.6 Å². The summed E-state index contributed by atoms with van der Waals surface area (Å²) in [5.74, 6) is 2.45. The fourth-order valence-corrected chi connectivity index (χ4v) is 3.77. The number of ether oxygens (including phenoxy) is 1. The molecule has 0 saturated heterocycles. The number of carbonyl (C=O) groups is 1. The van der Waals surface area contributed by atoms with Gasteiger partial charge in [0, 0.05) is 31.0 Å². The van der Waals surface area contributed by atoms with Crippen LogP contribution in [0.25, 0.3) is 11.4 Å². The van der Waals surface area contributed by atoms with Crippen LogP contribution in [-0.4, -0.2) is 44.7 Å². The monoisotopic (exact) mass is 484 g/mol. The van der Waals surface area contributed by atoms with Gasteiger partial charge in [-0.25, -0.2) is 0 Å². The summed E-state index contributed by atoms with van der Waals surface area (Å²) in [6, 6.07) is 19.3. The Hall–Kier alpha value is -4.04. The van der Waals surface area contributed by atoms with Crippen molar-refractivity contribution in [1.29, 1.82) is 0 Å². The molecule has 0 spiro atoms. The first-order valence-corrected chi connectivity index (χ1v) is 11.9. The first-order chi connectivity index (χ1) is 17.3. The lowest BCUT2D eigenvalue weighted by molar-refractivity contribution is 0.102. The van der Waals surface area contributed by atoms with Crippen LogP contribution in [0.3, 0.4) is 0 Å². The second-order valence-corrected chi connectivity index (χ2v) is 9.34. The molecule has 0 unspecified atom stereocenters. The van der Waals surface area contributed by atoms with Crippen molar-refractivity contribution < 1.29 is 9.53 Å². The van der Waals surface area contributed by atoms with Crippen molar-refractivity contribution in [3.05, 3.63) is 89.5 Å². The van der Waals surface area contributed by atoms with Gasteiger partial charge in [0.1, 0.15) is 18.1 Å². The summed E-state index contributed by atoms with van der Waals surface area (Å²) < 4.78 is 7.88. The van der Waals surface area contributed by atoms with Gasteiger partial charge in [-0.15, -0.1) is 10.2 Å². The first kappa shape index (κ1) is 25.1. The Morgan fingerprint density at radius 2 is 1.83 bits per heavy atom. The second-order valence-electron chi connectivity index (χ2n) is 9.34. The van der Waals surface area contributed by atoms with E-state index < -0.39 is 0 Å². The van der Waals surface area contributed by atoms with E-state index in [2.05, 4.69) is 51.4 Å². The highest BCUT2D eigenvalue weighted by atomic mass is 16.5. The second kappa shape index (κ2) is 11.1. The molecule has 2 aromatic heterocycles. The molecule has 0 saturated carbocycles. The minimum atomic E-state index is -0.251. The largest absolute Gasteiger partial charge is 0.486 e. The van der Waals surface area contributed by atoms with E-state index in [1.165, 1.54) is 5.56 Å². The molecule has 36 heavy (non-hydrogen) atoms. The van der Waals surface area contributed by atoms with Crippen molar-refractivity contribution in [2.24, 2.45) is 7.05 Å². The summed E-state index contributed by atoms with van der Waals surface area (Å²) in [5, 5.41) is 11.5. The number of aromatic nitrogens is 4. The van der Waals surface area contributed by atoms with E-state index in [1.807, 2.05) is 68.2 Å². The topological polar surface area (TPSA) is 85.2 Å². The van der Waals surface area contributed by atoms with Gasteiger partial charge < -0.3 is 19.5 Å². The van der Waals surface area contributed by atoms with Crippen LogP contribution in [0.1, 0.15) is 47.2 Å². The zero-order chi connectivity index (χ0) is 25.7. The lowest BCUT2D eigenvalue weighted by Crippen LogP contribution is -2.15. The Labute approximate surface area is 212 Å². The van der Waals surface area contributed by atoms with Crippen molar-refractivity contribution in [2.45, 2.75) is 32.9 Å². The van der Waals surface area contributed by atoms with Gasteiger partial charge in [-0.1, -0.05) is 32.0 Å². The number of amides is 1. The lowest BCUT2D eigenvalue weighted by atomic mass is 10.0. The average molecular weight is 485 g/mol. The molecular formula is C28H32N6O2. The summed E-state index contributed by atoms with van der Waals surface area (Å²) in [6.45, 7) is 5.41. The Bertz CT molecular complexity index is 1310. The lowest BCUT2D eigenvalue weighted by Gasteiger charge is -2.10. The molecule has 0 aliphatic rings. The highest BCUT2D eigenvalue weighted by Gasteiger charge is 2.13. The van der Waals surface area contributed by atoms with Crippen LogP contribution in [0.4, 0.5) is 5.69 Å². The molecule has 8 nitrogen and oxygen atoms in total. The third-order valence-corrected chi connectivity index (χ3v) is 5.81. The third-order valence-electron chi connectivity index (χ3n) is 5.81. The van der Waals surface area contributed by atoms with Gasteiger partial charge in [0.05, 0.1) is 0 Å². The van der Waals surface area contributed by atoms with Crippen molar-refractivity contribution in [3.63, 3.8) is 0 Å². The first-order valence-electron chi connectivity index (χ1n) is 11.9. The molecular weight excluding hydrogens is 452 g/mol. The van der Waals surface area contributed by atoms with Crippen LogP contribution in [0, 0.1) is 0 Å². The number of nitrogens with one attached hydrogen (secondary N) is 1. The van der Waals surface area contributed by atoms with Crippen molar-refractivity contribution in [1.82, 2.24) is 24.6 Å². The molecule has 0 radical (unpaired) electrons. The van der Waals surface area contributed by atoms with E-state index >= 15 is 0 Å². The molecule has 8 heteroatoms. The number of anilines is 1. The SMILES string of the molecule is CC(C)c1cccc(OCc2nnc(-c3ccc(NC(=O)c4ccc(CN(C)C)cn4)cc3)n2C)c1. The Morgan fingerprint density at radius 1 is 1.06 bits per heavy atom. The van der Waals surface area contributed by atoms with Crippen LogP contribution in [0.15, 0.2) is 66.9 Å². The highest BCUT2D eigenvalue weighted by Crippen LogP contribution is 2.23. The Balaban J connectivity index is 1.38. The number of rotatable bonds is 9. The van der Waals surface area contributed by atoms with Crippen LogP contribution >= 0.6 is 0 Å². The number of nitrogens with zero attached hydrogens (tertiary/aromatic N) is 5. The van der Waals surface area contributed by atoms with E-state index in [1.54, 1.807) is 12.3 Å². The van der Waals surface area contributed by atoms with Crippen LogP contribution in [0.5, 0.6) is 5.75 Å². The summed E-state index contributed by atoms with van der Waals surface area (Å²) >= 11 is 0. The Kier molecular flexibility index (Phi) is 7.75. The van der Waals surface area contributed by atoms with E-state index in [9.17, 15) is 4.79 Å². The summed E-state index contributed by atoms with van der Waals surface area (Å²) in [6.07, 6.45) is 1.73. The minimum absolute atomic E-state index is 0.251. The fourth-order valence-electron chi connectivity index (χ4n) is 3.77. The van der Waals surface area contributed by atoms with Crippen molar-refractivity contribution in [2.75, 3.05) is 19.4 Å². The number of pyridine rings is 1. The number of benzene rings is 2. The molecule has 0 aliphatic heterocycles. The quantitative estimate of drug-likeness (QED) is 0.364. The highest BCUT2D eigenvalue weighted by molar-refractivity contribution is 6.02. The minimum Gasteiger partial charge on any atom is -0.486 e. The molecule has 2 aromatic carbocycles. The maximum Gasteiger partial charge on any atom is 0.274 e. The average Bonchev–Trinajstić information content (AvgIpc) is 3.23.